The Morgan fingerprint density at radius 1 is 1.03 bits per heavy atom. The number of hydrogen-bond donors (Lipinski definition) is 1. The largest absolute Gasteiger partial charge is 0.417 e. The highest BCUT2D eigenvalue weighted by Gasteiger charge is 2.39. The van der Waals surface area contributed by atoms with Crippen LogP contribution in [-0.2, 0) is 6.18 Å². The fourth-order valence-corrected chi connectivity index (χ4v) is 4.54. The molecule has 0 radical (unpaired) electrons. The van der Waals surface area contributed by atoms with E-state index >= 15 is 0 Å². The Labute approximate surface area is 187 Å². The fraction of sp³-hybridized carbons (Fsp3) is 0.364. The van der Waals surface area contributed by atoms with Crippen molar-refractivity contribution >= 4 is 11.6 Å². The first-order valence-corrected chi connectivity index (χ1v) is 10.8. The molecular weight excluding hydrogens is 433 g/mol. The summed E-state index contributed by atoms with van der Waals surface area (Å²) in [5.41, 5.74) is 1.84. The predicted molar refractivity (Wildman–Crippen MR) is 114 cm³/mol. The average molecular weight is 454 g/mol. The van der Waals surface area contributed by atoms with Crippen LogP contribution in [0.3, 0.4) is 0 Å². The van der Waals surface area contributed by atoms with Crippen LogP contribution < -0.4 is 4.90 Å². The topological polar surface area (TPSA) is 78.2 Å². The molecule has 1 aliphatic carbocycles. The van der Waals surface area contributed by atoms with Gasteiger partial charge in [0, 0.05) is 49.8 Å². The van der Waals surface area contributed by atoms with E-state index in [4.69, 9.17) is 4.98 Å². The second-order valence-electron chi connectivity index (χ2n) is 8.49. The van der Waals surface area contributed by atoms with Crippen molar-refractivity contribution in [3.05, 3.63) is 60.3 Å². The zero-order valence-electron chi connectivity index (χ0n) is 17.6. The number of pyridine rings is 1. The summed E-state index contributed by atoms with van der Waals surface area (Å²) in [4.78, 5) is 18.1. The molecule has 1 N–H and O–H groups in total. The minimum absolute atomic E-state index is 0.183. The normalized spacial score (nSPS) is 20.0. The van der Waals surface area contributed by atoms with Gasteiger partial charge in [0.1, 0.15) is 5.65 Å². The van der Waals surface area contributed by atoms with Gasteiger partial charge in [-0.15, -0.1) is 0 Å². The van der Waals surface area contributed by atoms with Crippen LogP contribution in [0.1, 0.15) is 30.0 Å². The maximum Gasteiger partial charge on any atom is 0.417 e. The first kappa shape index (κ1) is 20.2. The summed E-state index contributed by atoms with van der Waals surface area (Å²) in [7, 11) is 0. The Balaban J connectivity index is 1.32. The van der Waals surface area contributed by atoms with Gasteiger partial charge in [0.05, 0.1) is 35.4 Å². The fourth-order valence-electron chi connectivity index (χ4n) is 4.54. The molecule has 2 aliphatic rings. The number of H-pyrrole nitrogens is 1. The summed E-state index contributed by atoms with van der Waals surface area (Å²) in [5.74, 6) is 0.554. The molecule has 0 spiro atoms. The van der Waals surface area contributed by atoms with Crippen LogP contribution in [0.25, 0.3) is 17.0 Å². The van der Waals surface area contributed by atoms with Crippen molar-refractivity contribution in [1.29, 1.82) is 0 Å². The Bertz CT molecular complexity index is 1280. The predicted octanol–water partition coefficient (Wildman–Crippen LogP) is 3.56. The maximum atomic E-state index is 13.2. The number of piperazine rings is 1. The van der Waals surface area contributed by atoms with Gasteiger partial charge in [-0.25, -0.2) is 15.0 Å². The van der Waals surface area contributed by atoms with Gasteiger partial charge < -0.3 is 4.90 Å². The van der Waals surface area contributed by atoms with Crippen molar-refractivity contribution < 1.29 is 13.2 Å². The number of anilines is 1. The number of hydrogen-bond acceptors (Lipinski definition) is 6. The lowest BCUT2D eigenvalue weighted by atomic mass is 10.1. The number of aromatic amines is 1. The summed E-state index contributed by atoms with van der Waals surface area (Å²) in [5, 5.41) is 7.02. The van der Waals surface area contributed by atoms with Crippen LogP contribution in [0, 0.1) is 0 Å². The Morgan fingerprint density at radius 3 is 2.67 bits per heavy atom. The average Bonchev–Trinajstić information content (AvgIpc) is 3.34. The third-order valence-corrected chi connectivity index (χ3v) is 6.36. The summed E-state index contributed by atoms with van der Waals surface area (Å²) >= 11 is 0. The lowest BCUT2D eigenvalue weighted by molar-refractivity contribution is -0.137. The van der Waals surface area contributed by atoms with Gasteiger partial charge in [-0.3, -0.25) is 14.4 Å². The summed E-state index contributed by atoms with van der Waals surface area (Å²) in [6, 6.07) is 4.89. The van der Waals surface area contributed by atoms with E-state index in [0.717, 1.165) is 30.9 Å². The van der Waals surface area contributed by atoms with Gasteiger partial charge in [0.25, 0.3) is 0 Å². The highest BCUT2D eigenvalue weighted by Crippen LogP contribution is 2.37. The van der Waals surface area contributed by atoms with Crippen LogP contribution in [-0.4, -0.2) is 60.1 Å². The molecule has 1 saturated carbocycles. The van der Waals surface area contributed by atoms with Crippen molar-refractivity contribution in [1.82, 2.24) is 34.4 Å². The van der Waals surface area contributed by atoms with Crippen LogP contribution in [0.5, 0.6) is 0 Å². The van der Waals surface area contributed by atoms with E-state index in [1.807, 2.05) is 12.4 Å². The van der Waals surface area contributed by atoms with E-state index in [-0.39, 0.29) is 6.04 Å². The van der Waals surface area contributed by atoms with E-state index in [1.165, 1.54) is 23.3 Å². The second-order valence-corrected chi connectivity index (χ2v) is 8.49. The minimum atomic E-state index is -4.43. The number of rotatable bonds is 4. The molecule has 0 aromatic carbocycles. The van der Waals surface area contributed by atoms with Crippen LogP contribution in [0.4, 0.5) is 19.1 Å². The summed E-state index contributed by atoms with van der Waals surface area (Å²) in [6.45, 7) is 2.38. The number of nitrogens with zero attached hydrogens (tertiary/aromatic N) is 7. The van der Waals surface area contributed by atoms with Gasteiger partial charge in [-0.2, -0.15) is 18.3 Å². The van der Waals surface area contributed by atoms with E-state index in [9.17, 15) is 13.2 Å². The third kappa shape index (κ3) is 3.71. The number of alkyl halides is 3. The van der Waals surface area contributed by atoms with Gasteiger partial charge >= 0.3 is 6.18 Å². The molecule has 170 valence electrons. The molecule has 4 aromatic rings. The lowest BCUT2D eigenvalue weighted by Gasteiger charge is -2.41. The number of fused-ring (bicyclic) bond motifs is 1. The maximum absolute atomic E-state index is 13.2. The molecule has 5 heterocycles. The van der Waals surface area contributed by atoms with Crippen LogP contribution in [0.2, 0.25) is 0 Å². The highest BCUT2D eigenvalue weighted by atomic mass is 19.4. The zero-order valence-corrected chi connectivity index (χ0v) is 17.6. The molecule has 11 heteroatoms. The first-order valence-electron chi connectivity index (χ1n) is 10.8. The molecule has 2 fully saturated rings. The quantitative estimate of drug-likeness (QED) is 0.508. The minimum Gasteiger partial charge on any atom is -0.338 e. The zero-order chi connectivity index (χ0) is 22.6. The SMILES string of the molecule is FC(F)(F)c1ccc2ncc(-c3ccnc(N4CCN(C5CC5)C(c5cn[nH]c5)C4)n3)n2c1. The van der Waals surface area contributed by atoms with Gasteiger partial charge in [0.2, 0.25) is 5.95 Å². The number of nitrogens with one attached hydrogen (secondary N) is 1. The molecular formula is C22H21F3N8. The first-order chi connectivity index (χ1) is 16.0. The van der Waals surface area contributed by atoms with Crippen LogP contribution in [0.15, 0.2) is 49.2 Å². The van der Waals surface area contributed by atoms with Gasteiger partial charge in [0.15, 0.2) is 0 Å². The van der Waals surface area contributed by atoms with Crippen molar-refractivity contribution in [2.45, 2.75) is 31.1 Å². The van der Waals surface area contributed by atoms with E-state index in [0.29, 0.717) is 35.6 Å². The highest BCUT2D eigenvalue weighted by molar-refractivity contribution is 5.61. The standard InChI is InChI=1S/C22H21F3N8/c23-22(24,25)15-1-4-20-27-11-18(33(20)12-15)17-5-6-26-21(30-17)31-7-8-32(16-2-3-16)19(13-31)14-9-28-29-10-14/h1,4-6,9-12,16,19H,2-3,7-8,13H2,(H,28,29). The van der Waals surface area contributed by atoms with E-state index in [1.54, 1.807) is 18.5 Å². The van der Waals surface area contributed by atoms with Crippen molar-refractivity contribution in [2.24, 2.45) is 0 Å². The lowest BCUT2D eigenvalue weighted by Crippen LogP contribution is -2.49. The van der Waals surface area contributed by atoms with Crippen LogP contribution >= 0.6 is 0 Å². The summed E-state index contributed by atoms with van der Waals surface area (Å²) in [6.07, 6.45) is 6.03. The van der Waals surface area contributed by atoms with Gasteiger partial charge in [-0.05, 0) is 31.0 Å². The van der Waals surface area contributed by atoms with Crippen molar-refractivity contribution in [2.75, 3.05) is 24.5 Å². The Hall–Kier alpha value is -3.47. The molecule has 1 unspecified atom stereocenters. The Morgan fingerprint density at radius 2 is 1.91 bits per heavy atom. The molecule has 33 heavy (non-hydrogen) atoms. The molecule has 0 bridgehead atoms. The van der Waals surface area contributed by atoms with E-state index in [2.05, 4.69) is 30.0 Å². The number of aromatic nitrogens is 6. The third-order valence-electron chi connectivity index (χ3n) is 6.36. The molecule has 1 atom stereocenters. The van der Waals surface area contributed by atoms with E-state index < -0.39 is 11.7 Å². The Kier molecular flexibility index (Phi) is 4.61. The molecule has 8 nitrogen and oxygen atoms in total. The molecule has 6 rings (SSSR count). The number of imidazole rings is 1. The molecule has 4 aromatic heterocycles. The molecule has 1 saturated heterocycles. The second kappa shape index (κ2) is 7.55. The molecule has 0 amide bonds. The number of halogens is 3. The van der Waals surface area contributed by atoms with Crippen molar-refractivity contribution in [3.8, 4) is 11.4 Å². The summed E-state index contributed by atoms with van der Waals surface area (Å²) < 4.78 is 41.1. The van der Waals surface area contributed by atoms with Gasteiger partial charge in [-0.1, -0.05) is 0 Å². The van der Waals surface area contributed by atoms with Crippen molar-refractivity contribution in [3.63, 3.8) is 0 Å². The monoisotopic (exact) mass is 454 g/mol. The molecule has 1 aliphatic heterocycles. The smallest absolute Gasteiger partial charge is 0.338 e.